The van der Waals surface area contributed by atoms with Crippen LogP contribution in [0.25, 0.3) is 11.5 Å². The molecule has 0 atom stereocenters. The third-order valence-corrected chi connectivity index (χ3v) is 5.01. The molecule has 0 fully saturated rings. The Morgan fingerprint density at radius 2 is 1.79 bits per heavy atom. The van der Waals surface area contributed by atoms with Gasteiger partial charge in [0.15, 0.2) is 0 Å². The van der Waals surface area contributed by atoms with Gasteiger partial charge in [0.1, 0.15) is 10.7 Å². The Balaban J connectivity index is 1.77. The van der Waals surface area contributed by atoms with E-state index in [2.05, 4.69) is 14.9 Å². The van der Waals surface area contributed by atoms with Gasteiger partial charge in [-0.05, 0) is 24.3 Å². The Hall–Kier alpha value is -2.29. The summed E-state index contributed by atoms with van der Waals surface area (Å²) in [6.45, 7) is -0.241. The van der Waals surface area contributed by atoms with Crippen LogP contribution in [0.4, 0.5) is 4.39 Å². The normalized spacial score (nSPS) is 11.6. The van der Waals surface area contributed by atoms with Crippen molar-refractivity contribution in [1.82, 2.24) is 14.9 Å². The summed E-state index contributed by atoms with van der Waals surface area (Å²) in [7, 11) is -3.84. The second kappa shape index (κ2) is 6.68. The lowest BCUT2D eigenvalue weighted by molar-refractivity contribution is 0.491. The molecular weight excluding hydrogens is 357 g/mol. The van der Waals surface area contributed by atoms with E-state index < -0.39 is 15.8 Å². The summed E-state index contributed by atoms with van der Waals surface area (Å²) in [5.41, 5.74) is 0.144. The van der Waals surface area contributed by atoms with E-state index in [4.69, 9.17) is 16.0 Å². The number of sulfonamides is 1. The van der Waals surface area contributed by atoms with E-state index in [0.29, 0.717) is 0 Å². The topological polar surface area (TPSA) is 85.1 Å². The molecule has 0 amide bonds. The highest BCUT2D eigenvalue weighted by molar-refractivity contribution is 7.89. The summed E-state index contributed by atoms with van der Waals surface area (Å²) in [4.78, 5) is -0.0551. The number of hydrogen-bond acceptors (Lipinski definition) is 5. The van der Waals surface area contributed by atoms with Gasteiger partial charge < -0.3 is 4.42 Å². The van der Waals surface area contributed by atoms with E-state index in [9.17, 15) is 12.8 Å². The number of nitrogens with zero attached hydrogens (tertiary/aromatic N) is 2. The Bertz CT molecular complexity index is 975. The zero-order valence-corrected chi connectivity index (χ0v) is 13.7. The fourth-order valence-electron chi connectivity index (χ4n) is 1.97. The van der Waals surface area contributed by atoms with Crippen LogP contribution in [-0.4, -0.2) is 18.6 Å². The highest BCUT2D eigenvalue weighted by Gasteiger charge is 2.19. The molecule has 0 aliphatic rings. The molecule has 0 aliphatic heterocycles. The number of hydrogen-bond donors (Lipinski definition) is 1. The van der Waals surface area contributed by atoms with Crippen LogP contribution in [0.5, 0.6) is 0 Å². The first-order valence-corrected chi connectivity index (χ1v) is 8.65. The zero-order chi connectivity index (χ0) is 17.2. The Labute approximate surface area is 142 Å². The number of rotatable bonds is 5. The highest BCUT2D eigenvalue weighted by atomic mass is 35.5. The van der Waals surface area contributed by atoms with Crippen LogP contribution < -0.4 is 4.72 Å². The first-order chi connectivity index (χ1) is 11.5. The van der Waals surface area contributed by atoms with Crippen molar-refractivity contribution in [3.05, 3.63) is 65.3 Å². The zero-order valence-electron chi connectivity index (χ0n) is 12.1. The average molecular weight is 368 g/mol. The van der Waals surface area contributed by atoms with E-state index >= 15 is 0 Å². The second-order valence-corrected chi connectivity index (χ2v) is 6.88. The summed E-state index contributed by atoms with van der Waals surface area (Å²) in [5, 5.41) is 7.53. The lowest BCUT2D eigenvalue weighted by Crippen LogP contribution is -2.23. The second-order valence-electron chi connectivity index (χ2n) is 4.74. The minimum Gasteiger partial charge on any atom is -0.419 e. The van der Waals surface area contributed by atoms with Crippen LogP contribution in [0.3, 0.4) is 0 Å². The molecule has 0 saturated heterocycles. The highest BCUT2D eigenvalue weighted by Crippen LogP contribution is 2.22. The number of benzene rings is 2. The largest absolute Gasteiger partial charge is 0.419 e. The lowest BCUT2D eigenvalue weighted by Gasteiger charge is -2.06. The Kier molecular flexibility index (Phi) is 4.61. The van der Waals surface area contributed by atoms with E-state index in [1.165, 1.54) is 30.3 Å². The van der Waals surface area contributed by atoms with Gasteiger partial charge in [0.2, 0.25) is 15.9 Å². The lowest BCUT2D eigenvalue weighted by atomic mass is 10.2. The van der Waals surface area contributed by atoms with E-state index in [1.54, 1.807) is 18.2 Å². The van der Waals surface area contributed by atoms with Crippen LogP contribution in [0.1, 0.15) is 5.89 Å². The third-order valence-electron chi connectivity index (χ3n) is 3.11. The van der Waals surface area contributed by atoms with Gasteiger partial charge in [-0.25, -0.2) is 17.5 Å². The molecule has 3 aromatic rings. The van der Waals surface area contributed by atoms with E-state index in [1.807, 2.05) is 0 Å². The maximum absolute atomic E-state index is 13.7. The first kappa shape index (κ1) is 16.6. The molecule has 0 saturated carbocycles. The fraction of sp³-hybridized carbons (Fsp3) is 0.0667. The molecule has 9 heteroatoms. The van der Waals surface area contributed by atoms with Crippen LogP contribution in [-0.2, 0) is 16.6 Å². The average Bonchev–Trinajstić information content (AvgIpc) is 3.02. The Morgan fingerprint density at radius 3 is 2.54 bits per heavy atom. The molecule has 0 spiro atoms. The van der Waals surface area contributed by atoms with Crippen molar-refractivity contribution in [3.63, 3.8) is 0 Å². The third kappa shape index (κ3) is 3.45. The van der Waals surface area contributed by atoms with Crippen LogP contribution in [0, 0.1) is 5.82 Å². The number of halogens is 2. The molecule has 2 aromatic carbocycles. The number of aromatic nitrogens is 2. The van der Waals surface area contributed by atoms with Crippen molar-refractivity contribution in [2.75, 3.05) is 0 Å². The molecule has 0 radical (unpaired) electrons. The molecule has 0 bridgehead atoms. The summed E-state index contributed by atoms with van der Waals surface area (Å²) in [5.74, 6) is -0.534. The van der Waals surface area contributed by atoms with Gasteiger partial charge in [0.25, 0.3) is 5.89 Å². The Morgan fingerprint density at radius 1 is 1.08 bits per heavy atom. The maximum atomic E-state index is 13.7. The predicted molar refractivity (Wildman–Crippen MR) is 85.2 cm³/mol. The molecule has 1 aromatic heterocycles. The standard InChI is InChI=1S/C15H11ClFN3O3S/c16-11-6-2-4-8-13(11)24(21,22)18-9-14-19-20-15(23-14)10-5-1-3-7-12(10)17/h1-8,18H,9H2. The molecular formula is C15H11ClFN3O3S. The van der Waals surface area contributed by atoms with Crippen LogP contribution >= 0.6 is 11.6 Å². The van der Waals surface area contributed by atoms with Gasteiger partial charge in [0.05, 0.1) is 17.1 Å². The van der Waals surface area contributed by atoms with Gasteiger partial charge in [-0.2, -0.15) is 0 Å². The van der Waals surface area contributed by atoms with Crippen molar-refractivity contribution in [2.45, 2.75) is 11.4 Å². The van der Waals surface area contributed by atoms with Crippen LogP contribution in [0.2, 0.25) is 5.02 Å². The van der Waals surface area contributed by atoms with Crippen molar-refractivity contribution in [2.24, 2.45) is 0 Å². The molecule has 0 unspecified atom stereocenters. The molecule has 1 N–H and O–H groups in total. The summed E-state index contributed by atoms with van der Waals surface area (Å²) >= 11 is 5.88. The summed E-state index contributed by atoms with van der Waals surface area (Å²) in [6, 6.07) is 11.9. The van der Waals surface area contributed by atoms with E-state index in [0.717, 1.165) is 0 Å². The molecule has 3 rings (SSSR count). The van der Waals surface area contributed by atoms with E-state index in [-0.39, 0.29) is 33.8 Å². The minimum atomic E-state index is -3.84. The fourth-order valence-corrected chi connectivity index (χ4v) is 3.46. The molecule has 1 heterocycles. The van der Waals surface area contributed by atoms with Gasteiger partial charge >= 0.3 is 0 Å². The van der Waals surface area contributed by atoms with Crippen molar-refractivity contribution in [1.29, 1.82) is 0 Å². The monoisotopic (exact) mass is 367 g/mol. The van der Waals surface area contributed by atoms with Crippen LogP contribution in [0.15, 0.2) is 57.8 Å². The maximum Gasteiger partial charge on any atom is 0.250 e. The predicted octanol–water partition coefficient (Wildman–Crippen LogP) is 3.01. The quantitative estimate of drug-likeness (QED) is 0.749. The summed E-state index contributed by atoms with van der Waals surface area (Å²) in [6.07, 6.45) is 0. The van der Waals surface area contributed by atoms with Crippen molar-refractivity contribution in [3.8, 4) is 11.5 Å². The SMILES string of the molecule is O=S(=O)(NCc1nnc(-c2ccccc2F)o1)c1ccccc1Cl. The summed E-state index contributed by atoms with van der Waals surface area (Å²) < 4.78 is 45.7. The number of nitrogens with one attached hydrogen (secondary N) is 1. The van der Waals surface area contributed by atoms with Gasteiger partial charge in [-0.15, -0.1) is 10.2 Å². The molecule has 6 nitrogen and oxygen atoms in total. The molecule has 24 heavy (non-hydrogen) atoms. The minimum absolute atomic E-state index is 0.00359. The molecule has 0 aliphatic carbocycles. The van der Waals surface area contributed by atoms with Crippen molar-refractivity contribution >= 4 is 21.6 Å². The smallest absolute Gasteiger partial charge is 0.250 e. The van der Waals surface area contributed by atoms with Gasteiger partial charge in [-0.1, -0.05) is 35.9 Å². The van der Waals surface area contributed by atoms with Crippen molar-refractivity contribution < 1.29 is 17.2 Å². The van der Waals surface area contributed by atoms with Gasteiger partial charge in [0, 0.05) is 0 Å². The first-order valence-electron chi connectivity index (χ1n) is 6.79. The van der Waals surface area contributed by atoms with Gasteiger partial charge in [-0.3, -0.25) is 0 Å². The molecule has 124 valence electrons.